The zero-order chi connectivity index (χ0) is 21.1. The standard InChI is InChI=1S/C8H6ClN.C8H8F2.C7H15N/c1-6-2-3-7(5-10)8(9)4-6;1-2-6-3-4-7(9)5-8(6)10;1-6(2)7-3-4-8-5-7/h2-4H,1H3;3-5H,2H2,1H3;6-8H,3-5H2,1-2H3. The van der Waals surface area contributed by atoms with Crippen molar-refractivity contribution in [2.75, 3.05) is 13.1 Å². The van der Waals surface area contributed by atoms with Crippen LogP contribution in [0.15, 0.2) is 36.4 Å². The predicted molar refractivity (Wildman–Crippen MR) is 112 cm³/mol. The zero-order valence-electron chi connectivity index (χ0n) is 17.0. The Kier molecular flexibility index (Phi) is 10.7. The summed E-state index contributed by atoms with van der Waals surface area (Å²) in [5.41, 5.74) is 2.16. The molecule has 0 spiro atoms. The molecule has 0 amide bonds. The van der Waals surface area contributed by atoms with E-state index >= 15 is 0 Å². The summed E-state index contributed by atoms with van der Waals surface area (Å²) in [7, 11) is 0. The molecule has 152 valence electrons. The van der Waals surface area contributed by atoms with Gasteiger partial charge in [0.2, 0.25) is 0 Å². The number of benzene rings is 2. The molecule has 0 radical (unpaired) electrons. The van der Waals surface area contributed by atoms with E-state index in [0.29, 0.717) is 22.6 Å². The van der Waals surface area contributed by atoms with Crippen molar-refractivity contribution in [2.45, 2.75) is 40.5 Å². The first-order valence-corrected chi connectivity index (χ1v) is 9.97. The van der Waals surface area contributed by atoms with E-state index in [1.165, 1.54) is 31.6 Å². The van der Waals surface area contributed by atoms with Crippen LogP contribution in [0.25, 0.3) is 0 Å². The number of nitrogens with zero attached hydrogens (tertiary/aromatic N) is 1. The van der Waals surface area contributed by atoms with Gasteiger partial charge in [0.05, 0.1) is 10.6 Å². The molecule has 1 heterocycles. The Morgan fingerprint density at radius 2 is 1.93 bits per heavy atom. The number of halogens is 3. The van der Waals surface area contributed by atoms with Gasteiger partial charge in [0.25, 0.3) is 0 Å². The lowest BCUT2D eigenvalue weighted by molar-refractivity contribution is 0.419. The van der Waals surface area contributed by atoms with Gasteiger partial charge in [0, 0.05) is 6.07 Å². The summed E-state index contributed by atoms with van der Waals surface area (Å²) in [6.07, 6.45) is 1.99. The van der Waals surface area contributed by atoms with Crippen molar-refractivity contribution in [1.82, 2.24) is 5.32 Å². The average Bonchev–Trinajstić information content (AvgIpc) is 3.18. The Bertz CT molecular complexity index is 779. The molecule has 1 aliphatic heterocycles. The van der Waals surface area contributed by atoms with E-state index in [4.69, 9.17) is 16.9 Å². The lowest BCUT2D eigenvalue weighted by atomic mass is 9.96. The molecule has 0 saturated carbocycles. The molecule has 3 rings (SSSR count). The van der Waals surface area contributed by atoms with E-state index in [-0.39, 0.29) is 0 Å². The summed E-state index contributed by atoms with van der Waals surface area (Å²) < 4.78 is 24.9. The number of hydrogen-bond acceptors (Lipinski definition) is 2. The van der Waals surface area contributed by atoms with Crippen LogP contribution in [0.5, 0.6) is 0 Å². The maximum absolute atomic E-state index is 12.6. The summed E-state index contributed by atoms with van der Waals surface area (Å²) in [4.78, 5) is 0. The van der Waals surface area contributed by atoms with Gasteiger partial charge in [-0.15, -0.1) is 0 Å². The highest BCUT2D eigenvalue weighted by molar-refractivity contribution is 6.31. The maximum Gasteiger partial charge on any atom is 0.129 e. The molecule has 1 atom stereocenters. The van der Waals surface area contributed by atoms with Gasteiger partial charge < -0.3 is 5.32 Å². The number of aryl methyl sites for hydroxylation is 2. The van der Waals surface area contributed by atoms with Gasteiger partial charge in [-0.3, -0.25) is 0 Å². The molecule has 1 aliphatic rings. The highest BCUT2D eigenvalue weighted by atomic mass is 35.5. The molecule has 0 bridgehead atoms. The lowest BCUT2D eigenvalue weighted by Gasteiger charge is -2.10. The fourth-order valence-electron chi connectivity index (χ4n) is 2.77. The van der Waals surface area contributed by atoms with Crippen LogP contribution in [-0.2, 0) is 6.42 Å². The molecule has 1 N–H and O–H groups in total. The number of hydrogen-bond donors (Lipinski definition) is 1. The first kappa shape index (κ1) is 24.1. The summed E-state index contributed by atoms with van der Waals surface area (Å²) >= 11 is 5.71. The third-order valence-corrected chi connectivity index (χ3v) is 5.00. The lowest BCUT2D eigenvalue weighted by Crippen LogP contribution is -2.12. The third-order valence-electron chi connectivity index (χ3n) is 4.68. The molecule has 2 aromatic carbocycles. The smallest absolute Gasteiger partial charge is 0.129 e. The molecule has 2 aromatic rings. The second-order valence-electron chi connectivity index (χ2n) is 7.18. The molecule has 0 aromatic heterocycles. The molecular weight excluding hydrogens is 378 g/mol. The first-order chi connectivity index (χ1) is 13.3. The van der Waals surface area contributed by atoms with E-state index in [1.807, 2.05) is 26.0 Å². The fraction of sp³-hybridized carbons (Fsp3) is 0.435. The average molecular weight is 407 g/mol. The first-order valence-electron chi connectivity index (χ1n) is 9.59. The Hall–Kier alpha value is -1.96. The second-order valence-corrected chi connectivity index (χ2v) is 7.59. The van der Waals surface area contributed by atoms with E-state index < -0.39 is 11.6 Å². The molecular formula is C23H29ClF2N2. The van der Waals surface area contributed by atoms with E-state index in [9.17, 15) is 8.78 Å². The van der Waals surface area contributed by atoms with Crippen molar-refractivity contribution < 1.29 is 8.78 Å². The fourth-order valence-corrected chi connectivity index (χ4v) is 3.04. The van der Waals surface area contributed by atoms with Gasteiger partial charge in [-0.05, 0) is 74.0 Å². The molecule has 5 heteroatoms. The van der Waals surface area contributed by atoms with Crippen LogP contribution in [0.2, 0.25) is 5.02 Å². The Labute approximate surface area is 172 Å². The Morgan fingerprint density at radius 3 is 2.36 bits per heavy atom. The topological polar surface area (TPSA) is 35.8 Å². The Morgan fingerprint density at radius 1 is 1.21 bits per heavy atom. The molecule has 1 saturated heterocycles. The molecule has 1 fully saturated rings. The van der Waals surface area contributed by atoms with Gasteiger partial charge in [0.15, 0.2) is 0 Å². The van der Waals surface area contributed by atoms with E-state index in [1.54, 1.807) is 12.1 Å². The van der Waals surface area contributed by atoms with Gasteiger partial charge in [-0.2, -0.15) is 5.26 Å². The van der Waals surface area contributed by atoms with Crippen molar-refractivity contribution >= 4 is 11.6 Å². The second kappa shape index (κ2) is 12.5. The molecule has 28 heavy (non-hydrogen) atoms. The number of rotatable bonds is 2. The van der Waals surface area contributed by atoms with Crippen molar-refractivity contribution in [1.29, 1.82) is 5.26 Å². The van der Waals surface area contributed by atoms with E-state index in [2.05, 4.69) is 19.2 Å². The summed E-state index contributed by atoms with van der Waals surface area (Å²) in [6.45, 7) is 10.9. The van der Waals surface area contributed by atoms with Crippen LogP contribution in [0.3, 0.4) is 0 Å². The summed E-state index contributed by atoms with van der Waals surface area (Å²) in [6, 6.07) is 11.0. The maximum atomic E-state index is 12.6. The highest BCUT2D eigenvalue weighted by Gasteiger charge is 2.16. The minimum Gasteiger partial charge on any atom is -0.316 e. The molecule has 0 aliphatic carbocycles. The quantitative estimate of drug-likeness (QED) is 0.635. The van der Waals surface area contributed by atoms with Crippen LogP contribution < -0.4 is 5.32 Å². The highest BCUT2D eigenvalue weighted by Crippen LogP contribution is 2.17. The van der Waals surface area contributed by atoms with E-state index in [0.717, 1.165) is 23.5 Å². The van der Waals surface area contributed by atoms with Crippen molar-refractivity contribution in [2.24, 2.45) is 11.8 Å². The monoisotopic (exact) mass is 406 g/mol. The summed E-state index contributed by atoms with van der Waals surface area (Å²) in [5.74, 6) is 0.859. The van der Waals surface area contributed by atoms with Crippen LogP contribution in [0.1, 0.15) is 43.9 Å². The molecule has 1 unspecified atom stereocenters. The zero-order valence-corrected chi connectivity index (χ0v) is 17.8. The van der Waals surface area contributed by atoms with Crippen LogP contribution >= 0.6 is 11.6 Å². The minimum atomic E-state index is -0.519. The normalized spacial score (nSPS) is 15.2. The van der Waals surface area contributed by atoms with Gasteiger partial charge in [0.1, 0.15) is 17.7 Å². The number of nitriles is 1. The number of nitrogens with one attached hydrogen (secondary N) is 1. The van der Waals surface area contributed by atoms with Gasteiger partial charge in [-0.1, -0.05) is 44.5 Å². The SMILES string of the molecule is CC(C)C1CCNC1.CCc1ccc(F)cc1F.Cc1ccc(C#N)c(Cl)c1. The Balaban J connectivity index is 0.000000212. The van der Waals surface area contributed by atoms with Crippen molar-refractivity contribution in [3.63, 3.8) is 0 Å². The van der Waals surface area contributed by atoms with Gasteiger partial charge >= 0.3 is 0 Å². The summed E-state index contributed by atoms with van der Waals surface area (Å²) in [5, 5.41) is 12.4. The van der Waals surface area contributed by atoms with Crippen LogP contribution in [-0.4, -0.2) is 13.1 Å². The van der Waals surface area contributed by atoms with Crippen molar-refractivity contribution in [3.05, 3.63) is 69.7 Å². The van der Waals surface area contributed by atoms with Gasteiger partial charge in [-0.25, -0.2) is 8.78 Å². The molecule has 2 nitrogen and oxygen atoms in total. The minimum absolute atomic E-state index is 0.456. The van der Waals surface area contributed by atoms with Crippen LogP contribution in [0, 0.1) is 41.7 Å². The predicted octanol–water partition coefficient (Wildman–Crippen LogP) is 6.30. The van der Waals surface area contributed by atoms with Crippen molar-refractivity contribution in [3.8, 4) is 6.07 Å². The van der Waals surface area contributed by atoms with Crippen LogP contribution in [0.4, 0.5) is 8.78 Å². The largest absolute Gasteiger partial charge is 0.316 e. The third kappa shape index (κ3) is 8.37.